The molecule has 180 valence electrons. The molecule has 3 heterocycles. The van der Waals surface area contributed by atoms with E-state index in [4.69, 9.17) is 11.6 Å². The zero-order valence-electron chi connectivity index (χ0n) is 18.3. The number of rotatable bonds is 6. The second-order valence-electron chi connectivity index (χ2n) is 8.01. The second kappa shape index (κ2) is 9.85. The molecule has 1 aliphatic heterocycles. The van der Waals surface area contributed by atoms with Crippen molar-refractivity contribution in [2.24, 2.45) is 0 Å². The molecule has 1 aliphatic rings. The highest BCUT2D eigenvalue weighted by Crippen LogP contribution is 2.37. The van der Waals surface area contributed by atoms with Crippen molar-refractivity contribution in [1.29, 1.82) is 0 Å². The minimum absolute atomic E-state index is 0.0623. The molecule has 1 aromatic carbocycles. The van der Waals surface area contributed by atoms with Crippen LogP contribution < -0.4 is 10.1 Å². The molecule has 0 spiro atoms. The quantitative estimate of drug-likeness (QED) is 0.457. The van der Waals surface area contributed by atoms with E-state index in [1.165, 1.54) is 35.9 Å². The lowest BCUT2D eigenvalue weighted by Gasteiger charge is -2.20. The van der Waals surface area contributed by atoms with E-state index in [-0.39, 0.29) is 16.6 Å². The van der Waals surface area contributed by atoms with Crippen LogP contribution in [0.25, 0.3) is 11.3 Å². The maximum Gasteiger partial charge on any atom is 0.573 e. The van der Waals surface area contributed by atoms with Crippen molar-refractivity contribution in [3.8, 4) is 17.0 Å². The van der Waals surface area contributed by atoms with Gasteiger partial charge in [0.25, 0.3) is 5.91 Å². The molecule has 0 saturated carbocycles. The van der Waals surface area contributed by atoms with Gasteiger partial charge in [-0.1, -0.05) is 22.9 Å². The van der Waals surface area contributed by atoms with E-state index in [2.05, 4.69) is 36.8 Å². The lowest BCUT2D eigenvalue weighted by molar-refractivity contribution is -0.274. The lowest BCUT2D eigenvalue weighted by atomic mass is 10.1. The maximum absolute atomic E-state index is 12.8. The van der Waals surface area contributed by atoms with Gasteiger partial charge < -0.3 is 4.74 Å². The van der Waals surface area contributed by atoms with E-state index in [1.54, 1.807) is 13.0 Å². The highest BCUT2D eigenvalue weighted by Gasteiger charge is 2.31. The molecule has 0 aliphatic carbocycles. The van der Waals surface area contributed by atoms with E-state index in [9.17, 15) is 18.0 Å². The summed E-state index contributed by atoms with van der Waals surface area (Å²) in [6, 6.07) is 4.74. The Morgan fingerprint density at radius 3 is 2.74 bits per heavy atom. The van der Waals surface area contributed by atoms with Crippen molar-refractivity contribution in [2.75, 3.05) is 11.9 Å². The predicted molar refractivity (Wildman–Crippen MR) is 123 cm³/mol. The average molecular weight is 512 g/mol. The molecule has 1 saturated heterocycles. The summed E-state index contributed by atoms with van der Waals surface area (Å²) in [5, 5.41) is 3.17. The van der Waals surface area contributed by atoms with Crippen molar-refractivity contribution in [3.63, 3.8) is 0 Å². The highest BCUT2D eigenvalue weighted by molar-refractivity contribution is 7.16. The molecule has 7 nitrogen and oxygen atoms in total. The maximum atomic E-state index is 12.8. The molecule has 34 heavy (non-hydrogen) atoms. The van der Waals surface area contributed by atoms with Crippen LogP contribution in [0.4, 0.5) is 18.3 Å². The molecule has 3 aromatic rings. The SMILES string of the molecule is Cc1cc(OC(F)(F)F)cc(-c2nc(NC(=O)c3cnc(Cl)cn3)sc2CN2CCCC2C)c1. The fraction of sp³-hybridized carbons (Fsp3) is 0.364. The summed E-state index contributed by atoms with van der Waals surface area (Å²) in [5.41, 5.74) is 1.63. The van der Waals surface area contributed by atoms with Crippen LogP contribution in [0.5, 0.6) is 5.75 Å². The molecular formula is C22H21ClF3N5O2S. The number of amides is 1. The number of benzene rings is 1. The average Bonchev–Trinajstić information content (AvgIpc) is 3.33. The molecule has 12 heteroatoms. The van der Waals surface area contributed by atoms with Crippen LogP contribution >= 0.6 is 22.9 Å². The molecular weight excluding hydrogens is 491 g/mol. The highest BCUT2D eigenvalue weighted by atomic mass is 35.5. The smallest absolute Gasteiger partial charge is 0.406 e. The lowest BCUT2D eigenvalue weighted by Crippen LogP contribution is -2.25. The van der Waals surface area contributed by atoms with E-state index >= 15 is 0 Å². The Labute approximate surface area is 203 Å². The van der Waals surface area contributed by atoms with Gasteiger partial charge in [-0.25, -0.2) is 15.0 Å². The first-order valence-electron chi connectivity index (χ1n) is 10.5. The number of ether oxygens (including phenoxy) is 1. The number of likely N-dealkylation sites (tertiary alicyclic amines) is 1. The Bertz CT molecular complexity index is 1190. The number of carbonyl (C=O) groups excluding carboxylic acids is 1. The summed E-state index contributed by atoms with van der Waals surface area (Å²) >= 11 is 7.00. The first kappa shape index (κ1) is 24.4. The van der Waals surface area contributed by atoms with E-state index in [0.717, 1.165) is 24.3 Å². The summed E-state index contributed by atoms with van der Waals surface area (Å²) in [4.78, 5) is 28.1. The molecule has 0 radical (unpaired) electrons. The summed E-state index contributed by atoms with van der Waals surface area (Å²) < 4.78 is 42.6. The minimum atomic E-state index is -4.81. The first-order valence-corrected chi connectivity index (χ1v) is 11.7. The van der Waals surface area contributed by atoms with Crippen LogP contribution in [0.3, 0.4) is 0 Å². The third kappa shape index (κ3) is 6.02. The van der Waals surface area contributed by atoms with E-state index in [0.29, 0.717) is 34.5 Å². The van der Waals surface area contributed by atoms with E-state index in [1.807, 2.05) is 0 Å². The van der Waals surface area contributed by atoms with E-state index < -0.39 is 12.3 Å². The van der Waals surface area contributed by atoms with Crippen molar-refractivity contribution >= 4 is 34.0 Å². The minimum Gasteiger partial charge on any atom is -0.406 e. The fourth-order valence-corrected chi connectivity index (χ4v) is 4.92. The van der Waals surface area contributed by atoms with Gasteiger partial charge in [0, 0.05) is 23.0 Å². The van der Waals surface area contributed by atoms with Crippen LogP contribution in [0.2, 0.25) is 5.15 Å². The van der Waals surface area contributed by atoms with Gasteiger partial charge in [-0.05, 0) is 57.0 Å². The fourth-order valence-electron chi connectivity index (χ4n) is 3.82. The van der Waals surface area contributed by atoms with Gasteiger partial charge >= 0.3 is 6.36 Å². The summed E-state index contributed by atoms with van der Waals surface area (Å²) in [6.45, 7) is 5.30. The third-order valence-electron chi connectivity index (χ3n) is 5.37. The molecule has 4 rings (SSSR count). The number of halogens is 4. The van der Waals surface area contributed by atoms with Gasteiger partial charge in [0.05, 0.1) is 18.1 Å². The van der Waals surface area contributed by atoms with Gasteiger partial charge in [-0.3, -0.25) is 15.0 Å². The van der Waals surface area contributed by atoms with Crippen LogP contribution in [-0.4, -0.2) is 44.7 Å². The molecule has 1 atom stereocenters. The number of aromatic nitrogens is 3. The van der Waals surface area contributed by atoms with Crippen molar-refractivity contribution in [2.45, 2.75) is 45.6 Å². The van der Waals surface area contributed by atoms with Gasteiger partial charge in [-0.2, -0.15) is 0 Å². The number of nitrogens with zero attached hydrogens (tertiary/aromatic N) is 4. The Morgan fingerprint density at radius 2 is 2.09 bits per heavy atom. The molecule has 1 fully saturated rings. The van der Waals surface area contributed by atoms with Crippen LogP contribution in [0, 0.1) is 6.92 Å². The number of aryl methyl sites for hydroxylation is 1. The van der Waals surface area contributed by atoms with Crippen LogP contribution in [0.1, 0.15) is 40.7 Å². The Morgan fingerprint density at radius 1 is 1.29 bits per heavy atom. The van der Waals surface area contributed by atoms with Crippen LogP contribution in [0.15, 0.2) is 30.6 Å². The number of alkyl halides is 3. The Kier molecular flexibility index (Phi) is 7.06. The number of hydrogen-bond donors (Lipinski definition) is 1. The molecule has 1 N–H and O–H groups in total. The second-order valence-corrected chi connectivity index (χ2v) is 9.48. The van der Waals surface area contributed by atoms with Gasteiger partial charge in [0.2, 0.25) is 0 Å². The number of carbonyl (C=O) groups is 1. The van der Waals surface area contributed by atoms with Crippen molar-refractivity contribution < 1.29 is 22.7 Å². The van der Waals surface area contributed by atoms with Crippen LogP contribution in [-0.2, 0) is 6.54 Å². The monoisotopic (exact) mass is 511 g/mol. The molecule has 0 bridgehead atoms. The van der Waals surface area contributed by atoms with Gasteiger partial charge in [-0.15, -0.1) is 13.2 Å². The summed E-state index contributed by atoms with van der Waals surface area (Å²) in [7, 11) is 0. The summed E-state index contributed by atoms with van der Waals surface area (Å²) in [6.07, 6.45) is -0.151. The number of nitrogens with one attached hydrogen (secondary N) is 1. The normalized spacial score (nSPS) is 16.6. The topological polar surface area (TPSA) is 80.2 Å². The van der Waals surface area contributed by atoms with Gasteiger partial charge in [0.1, 0.15) is 16.6 Å². The Balaban J connectivity index is 1.68. The largest absolute Gasteiger partial charge is 0.573 e. The van der Waals surface area contributed by atoms with Crippen molar-refractivity contribution in [1.82, 2.24) is 19.9 Å². The zero-order chi connectivity index (χ0) is 24.5. The number of thiazole rings is 1. The predicted octanol–water partition coefficient (Wildman–Crippen LogP) is 5.70. The van der Waals surface area contributed by atoms with Gasteiger partial charge in [0.15, 0.2) is 5.13 Å². The van der Waals surface area contributed by atoms with Crippen molar-refractivity contribution in [3.05, 3.63) is 51.9 Å². The number of anilines is 1. The molecule has 1 unspecified atom stereocenters. The summed E-state index contributed by atoms with van der Waals surface area (Å²) in [5.74, 6) is -0.839. The molecule has 1 amide bonds. The standard InChI is InChI=1S/C22H21ClF3N5O2S/c1-12-6-14(8-15(7-12)33-22(24,25)26)19-17(11-31-5-3-4-13(31)2)34-21(29-19)30-20(32)16-9-28-18(23)10-27-16/h6-10,13H,3-5,11H2,1-2H3,(H,29,30,32). The number of hydrogen-bond acceptors (Lipinski definition) is 7. The molecule has 2 aromatic heterocycles. The zero-order valence-corrected chi connectivity index (χ0v) is 19.9. The third-order valence-corrected chi connectivity index (χ3v) is 6.52. The first-order chi connectivity index (χ1) is 16.1. The Hall–Kier alpha value is -2.76.